The number of hydrogen-bond donors (Lipinski definition) is 1. The lowest BCUT2D eigenvalue weighted by atomic mass is 9.85. The lowest BCUT2D eigenvalue weighted by Gasteiger charge is -2.38. The first-order chi connectivity index (χ1) is 12.8. The van der Waals surface area contributed by atoms with Crippen LogP contribution in [0.4, 0.5) is 23.7 Å². The Bertz CT molecular complexity index is 669. The van der Waals surface area contributed by atoms with Crippen molar-refractivity contribution in [2.45, 2.75) is 51.7 Å². The van der Waals surface area contributed by atoms with E-state index in [4.69, 9.17) is 0 Å². The fourth-order valence-corrected chi connectivity index (χ4v) is 4.11. The maximum Gasteiger partial charge on any atom is 0.391 e. The van der Waals surface area contributed by atoms with Gasteiger partial charge in [-0.2, -0.15) is 13.2 Å². The van der Waals surface area contributed by atoms with Crippen molar-refractivity contribution in [1.82, 2.24) is 10.2 Å². The van der Waals surface area contributed by atoms with E-state index in [0.717, 1.165) is 13.1 Å². The predicted octanol–water partition coefficient (Wildman–Crippen LogP) is 4.26. The second-order valence-electron chi connectivity index (χ2n) is 7.74. The predicted molar refractivity (Wildman–Crippen MR) is 100 cm³/mol. The van der Waals surface area contributed by atoms with Crippen molar-refractivity contribution in [2.24, 2.45) is 5.92 Å². The molecule has 1 heterocycles. The van der Waals surface area contributed by atoms with Crippen molar-refractivity contribution in [3.05, 3.63) is 29.3 Å². The minimum absolute atomic E-state index is 0.00229. The van der Waals surface area contributed by atoms with E-state index < -0.39 is 12.1 Å². The number of rotatable bonds is 2. The van der Waals surface area contributed by atoms with E-state index in [0.29, 0.717) is 25.9 Å². The zero-order valence-electron chi connectivity index (χ0n) is 16.0. The molecule has 2 fully saturated rings. The first-order valence-electron chi connectivity index (χ1n) is 9.69. The summed E-state index contributed by atoms with van der Waals surface area (Å²) in [7, 11) is 0. The molecule has 3 rings (SSSR count). The third-order valence-corrected chi connectivity index (χ3v) is 5.95. The van der Waals surface area contributed by atoms with E-state index in [2.05, 4.69) is 36.2 Å². The third-order valence-electron chi connectivity index (χ3n) is 5.95. The first kappa shape index (κ1) is 19.8. The molecule has 1 aliphatic heterocycles. The van der Waals surface area contributed by atoms with Crippen LogP contribution >= 0.6 is 0 Å². The summed E-state index contributed by atoms with van der Waals surface area (Å²) < 4.78 is 38.8. The van der Waals surface area contributed by atoms with Crippen LogP contribution in [-0.2, 0) is 0 Å². The van der Waals surface area contributed by atoms with Crippen molar-refractivity contribution < 1.29 is 18.0 Å². The average Bonchev–Trinajstić information content (AvgIpc) is 2.64. The number of nitrogens with zero attached hydrogens (tertiary/aromatic N) is 2. The van der Waals surface area contributed by atoms with Gasteiger partial charge in [0.1, 0.15) is 0 Å². The smallest absolute Gasteiger partial charge is 0.368 e. The molecule has 27 heavy (non-hydrogen) atoms. The van der Waals surface area contributed by atoms with Gasteiger partial charge < -0.3 is 15.1 Å². The fraction of sp³-hybridized carbons (Fsp3) is 0.650. The Morgan fingerprint density at radius 3 is 2.48 bits per heavy atom. The molecule has 2 aliphatic rings. The minimum atomic E-state index is -4.17. The highest BCUT2D eigenvalue weighted by molar-refractivity contribution is 5.75. The van der Waals surface area contributed by atoms with Gasteiger partial charge in [0.05, 0.1) is 5.92 Å². The maximum absolute atomic E-state index is 12.9. The molecule has 0 bridgehead atoms. The van der Waals surface area contributed by atoms with Crippen molar-refractivity contribution in [2.75, 3.05) is 31.1 Å². The van der Waals surface area contributed by atoms with Crippen LogP contribution in [0.3, 0.4) is 0 Å². The highest BCUT2D eigenvalue weighted by atomic mass is 19.4. The van der Waals surface area contributed by atoms with Gasteiger partial charge in [0.2, 0.25) is 0 Å². The number of nitrogens with one attached hydrogen (secondary N) is 1. The van der Waals surface area contributed by atoms with Crippen LogP contribution < -0.4 is 10.2 Å². The van der Waals surface area contributed by atoms with Gasteiger partial charge in [0.25, 0.3) is 0 Å². The molecule has 2 amide bonds. The van der Waals surface area contributed by atoms with Crippen LogP contribution in [0, 0.1) is 19.8 Å². The number of carbonyl (C=O) groups excluding carboxylic acids is 1. The molecule has 1 saturated heterocycles. The second kappa shape index (κ2) is 7.98. The number of hydrogen-bond acceptors (Lipinski definition) is 2. The van der Waals surface area contributed by atoms with Gasteiger partial charge in [-0.15, -0.1) is 0 Å². The molecule has 7 heteroatoms. The summed E-state index contributed by atoms with van der Waals surface area (Å²) in [5.74, 6) is -1.29. The highest BCUT2D eigenvalue weighted by Crippen LogP contribution is 2.37. The molecular formula is C20H28F3N3O. The quantitative estimate of drug-likeness (QED) is 0.828. The van der Waals surface area contributed by atoms with Gasteiger partial charge >= 0.3 is 12.2 Å². The summed E-state index contributed by atoms with van der Waals surface area (Å²) in [5, 5.41) is 2.83. The monoisotopic (exact) mass is 383 g/mol. The lowest BCUT2D eigenvalue weighted by Crippen LogP contribution is -2.54. The Balaban J connectivity index is 1.52. The number of halogens is 3. The summed E-state index contributed by atoms with van der Waals surface area (Å²) in [6, 6.07) is 5.60. The van der Waals surface area contributed by atoms with E-state index in [1.54, 1.807) is 4.90 Å². The van der Waals surface area contributed by atoms with E-state index in [9.17, 15) is 18.0 Å². The van der Waals surface area contributed by atoms with Crippen LogP contribution in [0.1, 0.15) is 36.8 Å². The number of amides is 2. The zero-order chi connectivity index (χ0) is 19.6. The second-order valence-corrected chi connectivity index (χ2v) is 7.74. The normalized spacial score (nSPS) is 24.0. The molecule has 1 aromatic carbocycles. The summed E-state index contributed by atoms with van der Waals surface area (Å²) >= 11 is 0. The molecule has 1 N–H and O–H groups in total. The molecule has 1 saturated carbocycles. The van der Waals surface area contributed by atoms with E-state index in [1.165, 1.54) is 16.8 Å². The number of urea groups is 1. The number of anilines is 1. The van der Waals surface area contributed by atoms with E-state index in [1.807, 2.05) is 6.07 Å². The van der Waals surface area contributed by atoms with Gasteiger partial charge in [-0.25, -0.2) is 4.79 Å². The van der Waals surface area contributed by atoms with Crippen LogP contribution in [-0.4, -0.2) is 49.3 Å². The summed E-state index contributed by atoms with van der Waals surface area (Å²) in [4.78, 5) is 16.5. The first-order valence-corrected chi connectivity index (χ1v) is 9.69. The molecule has 0 aromatic heterocycles. The van der Waals surface area contributed by atoms with Crippen LogP contribution in [0.2, 0.25) is 0 Å². The zero-order valence-corrected chi connectivity index (χ0v) is 16.0. The highest BCUT2D eigenvalue weighted by Gasteiger charge is 2.42. The molecule has 2 unspecified atom stereocenters. The van der Waals surface area contributed by atoms with E-state index in [-0.39, 0.29) is 24.9 Å². The lowest BCUT2D eigenvalue weighted by molar-refractivity contribution is -0.183. The summed E-state index contributed by atoms with van der Waals surface area (Å²) in [6.45, 7) is 6.80. The third kappa shape index (κ3) is 4.68. The Morgan fingerprint density at radius 2 is 1.81 bits per heavy atom. The Labute approximate surface area is 158 Å². The number of aryl methyl sites for hydroxylation is 1. The summed E-state index contributed by atoms with van der Waals surface area (Å²) in [6.07, 6.45) is -2.86. The standard InChI is InChI=1S/C20H28F3N3O/c1-14-5-3-8-18(15(14)2)25-9-11-26(12-10-25)19(27)24-17-7-4-6-16(13-17)20(21,22)23/h3,5,8,16-17H,4,6-7,9-13H2,1-2H3,(H,24,27). The van der Waals surface area contributed by atoms with Crippen LogP contribution in [0.25, 0.3) is 0 Å². The van der Waals surface area contributed by atoms with Crippen LogP contribution in [0.5, 0.6) is 0 Å². The molecular weight excluding hydrogens is 355 g/mol. The van der Waals surface area contributed by atoms with Gasteiger partial charge in [0.15, 0.2) is 0 Å². The Morgan fingerprint density at radius 1 is 1.11 bits per heavy atom. The van der Waals surface area contributed by atoms with Gasteiger partial charge in [0, 0.05) is 37.9 Å². The van der Waals surface area contributed by atoms with Crippen molar-refractivity contribution in [1.29, 1.82) is 0 Å². The van der Waals surface area contributed by atoms with E-state index >= 15 is 0 Å². The number of carbonyl (C=O) groups is 1. The molecule has 1 aromatic rings. The molecule has 2 atom stereocenters. The Kier molecular flexibility index (Phi) is 5.86. The van der Waals surface area contributed by atoms with Gasteiger partial charge in [-0.1, -0.05) is 18.6 Å². The number of piperazine rings is 1. The number of benzene rings is 1. The molecule has 4 nitrogen and oxygen atoms in total. The molecule has 0 spiro atoms. The molecule has 150 valence electrons. The van der Waals surface area contributed by atoms with Crippen molar-refractivity contribution in [3.63, 3.8) is 0 Å². The fourth-order valence-electron chi connectivity index (χ4n) is 4.11. The van der Waals surface area contributed by atoms with Crippen molar-refractivity contribution in [3.8, 4) is 0 Å². The molecule has 1 aliphatic carbocycles. The SMILES string of the molecule is Cc1cccc(N2CCN(C(=O)NC3CCCC(C(F)(F)F)C3)CC2)c1C. The largest absolute Gasteiger partial charge is 0.391 e. The molecule has 0 radical (unpaired) electrons. The van der Waals surface area contributed by atoms with Gasteiger partial charge in [-0.05, 0) is 50.3 Å². The van der Waals surface area contributed by atoms with Gasteiger partial charge in [-0.3, -0.25) is 0 Å². The minimum Gasteiger partial charge on any atom is -0.368 e. The van der Waals surface area contributed by atoms with Crippen molar-refractivity contribution >= 4 is 11.7 Å². The average molecular weight is 383 g/mol. The van der Waals surface area contributed by atoms with Crippen LogP contribution in [0.15, 0.2) is 18.2 Å². The number of alkyl halides is 3. The topological polar surface area (TPSA) is 35.6 Å². The Hall–Kier alpha value is -1.92. The summed E-state index contributed by atoms with van der Waals surface area (Å²) in [5.41, 5.74) is 3.68. The maximum atomic E-state index is 12.9.